The van der Waals surface area contributed by atoms with Crippen molar-refractivity contribution in [2.45, 2.75) is 17.9 Å². The number of anilines is 1. The molecule has 30 heavy (non-hydrogen) atoms. The van der Waals surface area contributed by atoms with Gasteiger partial charge in [0.25, 0.3) is 5.91 Å². The summed E-state index contributed by atoms with van der Waals surface area (Å²) in [7, 11) is -2.01. The first-order chi connectivity index (χ1) is 14.5. The third-order valence-electron chi connectivity index (χ3n) is 5.15. The predicted molar refractivity (Wildman–Crippen MR) is 115 cm³/mol. The van der Waals surface area contributed by atoms with Crippen LogP contribution in [0.5, 0.6) is 5.75 Å². The number of sulfonamides is 1. The molecule has 0 atom stereocenters. The fraction of sp³-hybridized carbons (Fsp3) is 0.174. The van der Waals surface area contributed by atoms with Gasteiger partial charge in [0.05, 0.1) is 12.0 Å². The van der Waals surface area contributed by atoms with Gasteiger partial charge in [-0.05, 0) is 60.0 Å². The highest BCUT2D eigenvalue weighted by molar-refractivity contribution is 7.89. The van der Waals surface area contributed by atoms with Gasteiger partial charge in [-0.1, -0.05) is 30.3 Å². The molecule has 7 heteroatoms. The maximum absolute atomic E-state index is 13.0. The van der Waals surface area contributed by atoms with Crippen molar-refractivity contribution in [3.63, 3.8) is 0 Å². The van der Waals surface area contributed by atoms with Gasteiger partial charge in [-0.15, -0.1) is 0 Å². The number of rotatable bonds is 6. The lowest BCUT2D eigenvalue weighted by Crippen LogP contribution is -2.29. The van der Waals surface area contributed by atoms with Crippen molar-refractivity contribution in [2.24, 2.45) is 0 Å². The topological polar surface area (TPSA) is 75.7 Å². The van der Waals surface area contributed by atoms with Gasteiger partial charge in [0.1, 0.15) is 5.75 Å². The van der Waals surface area contributed by atoms with E-state index in [0.717, 1.165) is 23.2 Å². The van der Waals surface area contributed by atoms with Gasteiger partial charge < -0.3 is 9.64 Å². The summed E-state index contributed by atoms with van der Waals surface area (Å²) in [6, 6.07) is 21.0. The summed E-state index contributed by atoms with van der Waals surface area (Å²) in [6.45, 7) is 0.745. The van der Waals surface area contributed by atoms with E-state index < -0.39 is 10.0 Å². The van der Waals surface area contributed by atoms with E-state index in [1.54, 1.807) is 66.6 Å². The number of carbonyl (C=O) groups excluding carboxylic acids is 1. The van der Waals surface area contributed by atoms with Crippen molar-refractivity contribution < 1.29 is 17.9 Å². The van der Waals surface area contributed by atoms with Crippen LogP contribution in [0.25, 0.3) is 0 Å². The number of ether oxygens (including phenoxy) is 1. The van der Waals surface area contributed by atoms with Crippen LogP contribution in [0.2, 0.25) is 0 Å². The van der Waals surface area contributed by atoms with Crippen LogP contribution in [-0.2, 0) is 23.0 Å². The van der Waals surface area contributed by atoms with Crippen molar-refractivity contribution in [1.29, 1.82) is 0 Å². The summed E-state index contributed by atoms with van der Waals surface area (Å²) in [5, 5.41) is 0. The highest BCUT2D eigenvalue weighted by Gasteiger charge is 2.26. The molecule has 6 nitrogen and oxygen atoms in total. The monoisotopic (exact) mass is 422 g/mol. The highest BCUT2D eigenvalue weighted by atomic mass is 32.2. The van der Waals surface area contributed by atoms with Crippen LogP contribution in [0.4, 0.5) is 5.69 Å². The van der Waals surface area contributed by atoms with Crippen LogP contribution in [0.15, 0.2) is 77.7 Å². The molecule has 0 saturated heterocycles. The summed E-state index contributed by atoms with van der Waals surface area (Å²) in [5.74, 6) is 0.611. The SMILES string of the molecule is COc1ccc(C(=O)N2CCc3ccc(CNS(=O)(=O)c4ccccc4)cc32)cc1. The molecular formula is C23H22N2O4S. The first-order valence-corrected chi connectivity index (χ1v) is 11.1. The third-order valence-corrected chi connectivity index (χ3v) is 6.56. The average molecular weight is 423 g/mol. The molecule has 1 N–H and O–H groups in total. The Morgan fingerprint density at radius 3 is 2.47 bits per heavy atom. The van der Waals surface area contributed by atoms with E-state index in [1.807, 2.05) is 18.2 Å². The minimum absolute atomic E-state index is 0.0848. The number of benzene rings is 3. The van der Waals surface area contributed by atoms with Crippen molar-refractivity contribution in [1.82, 2.24) is 4.72 Å². The maximum atomic E-state index is 13.0. The lowest BCUT2D eigenvalue weighted by molar-refractivity contribution is 0.0989. The molecule has 0 bridgehead atoms. The molecule has 1 aliphatic rings. The van der Waals surface area contributed by atoms with E-state index in [4.69, 9.17) is 4.74 Å². The van der Waals surface area contributed by atoms with Crippen LogP contribution < -0.4 is 14.4 Å². The van der Waals surface area contributed by atoms with Crippen molar-refractivity contribution >= 4 is 21.6 Å². The zero-order chi connectivity index (χ0) is 21.1. The second kappa shape index (κ2) is 8.30. The number of amides is 1. The van der Waals surface area contributed by atoms with Gasteiger partial charge >= 0.3 is 0 Å². The molecular weight excluding hydrogens is 400 g/mol. The molecule has 1 aliphatic heterocycles. The second-order valence-corrected chi connectivity index (χ2v) is 8.80. The summed E-state index contributed by atoms with van der Waals surface area (Å²) in [5.41, 5.74) is 3.28. The Labute approximate surface area is 176 Å². The molecule has 3 aromatic rings. The molecule has 3 aromatic carbocycles. The van der Waals surface area contributed by atoms with Gasteiger partial charge in [0, 0.05) is 24.3 Å². The van der Waals surface area contributed by atoms with Gasteiger partial charge in [-0.3, -0.25) is 4.79 Å². The van der Waals surface area contributed by atoms with Gasteiger partial charge in [0.2, 0.25) is 10.0 Å². The van der Waals surface area contributed by atoms with E-state index in [1.165, 1.54) is 0 Å². The van der Waals surface area contributed by atoms with Gasteiger partial charge in [0.15, 0.2) is 0 Å². The molecule has 1 heterocycles. The zero-order valence-electron chi connectivity index (χ0n) is 16.5. The Hall–Kier alpha value is -3.16. The number of methoxy groups -OCH3 is 1. The molecule has 154 valence electrons. The Bertz CT molecular complexity index is 1160. The Balaban J connectivity index is 1.52. The summed E-state index contributed by atoms with van der Waals surface area (Å²) in [6.07, 6.45) is 0.771. The first kappa shape index (κ1) is 20.1. The van der Waals surface area contributed by atoms with Crippen LogP contribution in [0.3, 0.4) is 0 Å². The predicted octanol–water partition coefficient (Wildman–Crippen LogP) is 3.38. The smallest absolute Gasteiger partial charge is 0.258 e. The molecule has 0 aliphatic carbocycles. The van der Waals surface area contributed by atoms with Crippen molar-refractivity contribution in [3.05, 3.63) is 89.5 Å². The zero-order valence-corrected chi connectivity index (χ0v) is 17.4. The van der Waals surface area contributed by atoms with Gasteiger partial charge in [-0.25, -0.2) is 13.1 Å². The molecule has 0 radical (unpaired) electrons. The lowest BCUT2D eigenvalue weighted by Gasteiger charge is -2.18. The summed E-state index contributed by atoms with van der Waals surface area (Å²) >= 11 is 0. The summed E-state index contributed by atoms with van der Waals surface area (Å²) < 4.78 is 32.7. The average Bonchev–Trinajstić information content (AvgIpc) is 3.21. The first-order valence-electron chi connectivity index (χ1n) is 9.60. The van der Waals surface area contributed by atoms with E-state index in [2.05, 4.69) is 4.72 Å². The molecule has 0 saturated carbocycles. The molecule has 0 aromatic heterocycles. The fourth-order valence-corrected chi connectivity index (χ4v) is 4.54. The molecule has 4 rings (SSSR count). The Morgan fingerprint density at radius 1 is 1.03 bits per heavy atom. The Kier molecular flexibility index (Phi) is 5.57. The largest absolute Gasteiger partial charge is 0.497 e. The van der Waals surface area contributed by atoms with Crippen LogP contribution in [-0.4, -0.2) is 28.0 Å². The van der Waals surface area contributed by atoms with Crippen LogP contribution >= 0.6 is 0 Å². The molecule has 0 fully saturated rings. The fourth-order valence-electron chi connectivity index (χ4n) is 3.50. The van der Waals surface area contributed by atoms with E-state index >= 15 is 0 Å². The van der Waals surface area contributed by atoms with Crippen molar-refractivity contribution in [3.8, 4) is 5.75 Å². The standard InChI is InChI=1S/C23H22N2O4S/c1-29-20-11-9-19(10-12-20)23(26)25-14-13-18-8-7-17(15-22(18)25)16-24-30(27,28)21-5-3-2-4-6-21/h2-12,15,24H,13-14,16H2,1H3. The number of nitrogens with one attached hydrogen (secondary N) is 1. The van der Waals surface area contributed by atoms with Crippen LogP contribution in [0, 0.1) is 0 Å². The number of hydrogen-bond donors (Lipinski definition) is 1. The number of carbonyl (C=O) groups is 1. The van der Waals surface area contributed by atoms with E-state index in [-0.39, 0.29) is 17.3 Å². The number of hydrogen-bond acceptors (Lipinski definition) is 4. The number of nitrogens with zero attached hydrogens (tertiary/aromatic N) is 1. The van der Waals surface area contributed by atoms with E-state index in [9.17, 15) is 13.2 Å². The minimum atomic E-state index is -3.59. The minimum Gasteiger partial charge on any atom is -0.497 e. The van der Waals surface area contributed by atoms with Crippen molar-refractivity contribution in [2.75, 3.05) is 18.6 Å². The summed E-state index contributed by atoms with van der Waals surface area (Å²) in [4.78, 5) is 15.0. The Morgan fingerprint density at radius 2 is 1.77 bits per heavy atom. The molecule has 1 amide bonds. The third kappa shape index (κ3) is 4.08. The van der Waals surface area contributed by atoms with E-state index in [0.29, 0.717) is 17.9 Å². The second-order valence-electron chi connectivity index (χ2n) is 7.04. The lowest BCUT2D eigenvalue weighted by atomic mass is 10.1. The quantitative estimate of drug-likeness (QED) is 0.661. The molecule has 0 unspecified atom stereocenters. The van der Waals surface area contributed by atoms with Gasteiger partial charge in [-0.2, -0.15) is 0 Å². The maximum Gasteiger partial charge on any atom is 0.258 e. The normalized spacial score (nSPS) is 13.2. The highest BCUT2D eigenvalue weighted by Crippen LogP contribution is 2.31. The number of fused-ring (bicyclic) bond motifs is 1. The van der Waals surface area contributed by atoms with Crippen LogP contribution in [0.1, 0.15) is 21.5 Å². The molecule has 0 spiro atoms.